The minimum Gasteiger partial charge on any atom is -0.235 e. The molecule has 0 radical (unpaired) electrons. The van der Waals surface area contributed by atoms with Gasteiger partial charge in [0.05, 0.1) is 5.69 Å². The lowest BCUT2D eigenvalue weighted by Gasteiger charge is -2.08. The van der Waals surface area contributed by atoms with E-state index in [9.17, 15) is 8.78 Å². The van der Waals surface area contributed by atoms with Crippen LogP contribution in [0, 0.1) is 25.5 Å². The second-order valence-corrected chi connectivity index (χ2v) is 5.72. The summed E-state index contributed by atoms with van der Waals surface area (Å²) in [7, 11) is 0. The quantitative estimate of drug-likeness (QED) is 0.691. The van der Waals surface area contributed by atoms with E-state index in [-0.39, 0.29) is 11.6 Å². The van der Waals surface area contributed by atoms with Crippen LogP contribution in [0.3, 0.4) is 0 Å². The maximum absolute atomic E-state index is 14.4. The van der Waals surface area contributed by atoms with Crippen LogP contribution >= 0.6 is 0 Å². The summed E-state index contributed by atoms with van der Waals surface area (Å²) in [6.07, 6.45) is 1.14. The third-order valence-electron chi connectivity index (χ3n) is 3.89. The Balaban J connectivity index is 1.80. The van der Waals surface area contributed by atoms with Crippen LogP contribution in [0.15, 0.2) is 48.5 Å². The Morgan fingerprint density at radius 3 is 2.35 bits per heavy atom. The molecule has 0 saturated heterocycles. The summed E-state index contributed by atoms with van der Waals surface area (Å²) in [6.45, 7) is 3.77. The lowest BCUT2D eigenvalue weighted by molar-refractivity contribution is 0.602. The fourth-order valence-electron chi connectivity index (χ4n) is 2.73. The highest BCUT2D eigenvalue weighted by atomic mass is 19.1. The van der Waals surface area contributed by atoms with Crippen molar-refractivity contribution in [2.24, 2.45) is 0 Å². The second-order valence-electron chi connectivity index (χ2n) is 5.72. The van der Waals surface area contributed by atoms with Crippen LogP contribution < -0.4 is 0 Å². The van der Waals surface area contributed by atoms with Gasteiger partial charge in [-0.3, -0.25) is 0 Å². The molecule has 0 atom stereocenters. The second kappa shape index (κ2) is 6.32. The molecule has 2 aromatic carbocycles. The van der Waals surface area contributed by atoms with E-state index < -0.39 is 0 Å². The smallest absolute Gasteiger partial charge is 0.149 e. The Kier molecular flexibility index (Phi) is 4.24. The Morgan fingerprint density at radius 1 is 0.913 bits per heavy atom. The van der Waals surface area contributed by atoms with Gasteiger partial charge < -0.3 is 0 Å². The van der Waals surface area contributed by atoms with E-state index in [1.54, 1.807) is 22.9 Å². The molecule has 3 rings (SSSR count). The lowest BCUT2D eigenvalue weighted by atomic mass is 10.0. The first-order valence-electron chi connectivity index (χ1n) is 7.60. The van der Waals surface area contributed by atoms with Crippen molar-refractivity contribution < 1.29 is 8.78 Å². The van der Waals surface area contributed by atoms with Gasteiger partial charge in [-0.05, 0) is 62.1 Å². The van der Waals surface area contributed by atoms with E-state index >= 15 is 0 Å². The number of hydrogen-bond acceptors (Lipinski definition) is 1. The van der Waals surface area contributed by atoms with Gasteiger partial charge in [0.2, 0.25) is 0 Å². The molecule has 1 heterocycles. The Bertz CT molecular complexity index is 837. The summed E-state index contributed by atoms with van der Waals surface area (Å²) in [4.78, 5) is 0. The van der Waals surface area contributed by atoms with Crippen LogP contribution in [0.4, 0.5) is 8.78 Å². The SMILES string of the molecule is Cc1cc(C)n(-c2ccc(CCc3ccccc3F)cc2F)n1. The Hall–Kier alpha value is -2.49. The van der Waals surface area contributed by atoms with E-state index in [1.807, 2.05) is 32.0 Å². The summed E-state index contributed by atoms with van der Waals surface area (Å²) in [6, 6.07) is 13.7. The average molecular weight is 312 g/mol. The molecule has 118 valence electrons. The van der Waals surface area contributed by atoms with E-state index in [0.29, 0.717) is 24.1 Å². The molecule has 0 aliphatic heterocycles. The molecule has 0 N–H and O–H groups in total. The highest BCUT2D eigenvalue weighted by Crippen LogP contribution is 2.19. The number of halogens is 2. The molecule has 0 bridgehead atoms. The summed E-state index contributed by atoms with van der Waals surface area (Å²) < 4.78 is 29.6. The summed E-state index contributed by atoms with van der Waals surface area (Å²) in [5, 5.41) is 4.30. The molecule has 3 aromatic rings. The molecule has 23 heavy (non-hydrogen) atoms. The number of nitrogens with zero attached hydrogens (tertiary/aromatic N) is 2. The molecule has 0 aliphatic rings. The molecular weight excluding hydrogens is 294 g/mol. The third-order valence-corrected chi connectivity index (χ3v) is 3.89. The summed E-state index contributed by atoms with van der Waals surface area (Å²) in [5.41, 5.74) is 3.67. The zero-order chi connectivity index (χ0) is 16.4. The first-order chi connectivity index (χ1) is 11.0. The molecule has 0 fully saturated rings. The minimum atomic E-state index is -0.317. The van der Waals surface area contributed by atoms with Crippen LogP contribution in [-0.2, 0) is 12.8 Å². The van der Waals surface area contributed by atoms with Crippen molar-refractivity contribution in [3.05, 3.63) is 82.7 Å². The predicted molar refractivity (Wildman–Crippen MR) is 86.8 cm³/mol. The van der Waals surface area contributed by atoms with Gasteiger partial charge in [0.15, 0.2) is 0 Å². The fourth-order valence-corrected chi connectivity index (χ4v) is 2.73. The molecule has 0 unspecified atom stereocenters. The first-order valence-corrected chi connectivity index (χ1v) is 7.60. The van der Waals surface area contributed by atoms with Crippen LogP contribution in [0.5, 0.6) is 0 Å². The molecule has 0 amide bonds. The molecule has 2 nitrogen and oxygen atoms in total. The predicted octanol–water partition coefficient (Wildman–Crippen LogP) is 4.55. The van der Waals surface area contributed by atoms with Gasteiger partial charge in [-0.1, -0.05) is 24.3 Å². The molecular formula is C19H18F2N2. The van der Waals surface area contributed by atoms with Crippen molar-refractivity contribution >= 4 is 0 Å². The van der Waals surface area contributed by atoms with Crippen molar-refractivity contribution in [3.8, 4) is 5.69 Å². The van der Waals surface area contributed by atoms with Crippen LogP contribution in [0.2, 0.25) is 0 Å². The molecule has 0 spiro atoms. The van der Waals surface area contributed by atoms with Crippen molar-refractivity contribution in [2.45, 2.75) is 26.7 Å². The zero-order valence-electron chi connectivity index (χ0n) is 13.2. The Morgan fingerprint density at radius 2 is 1.70 bits per heavy atom. The maximum Gasteiger partial charge on any atom is 0.149 e. The standard InChI is InChI=1S/C19H18F2N2/c1-13-11-14(2)23(22-13)19-10-8-15(12-18(19)21)7-9-16-5-3-4-6-17(16)20/h3-6,8,10-12H,7,9H2,1-2H3. The third kappa shape index (κ3) is 3.31. The number of hydrogen-bond donors (Lipinski definition) is 0. The molecule has 1 aromatic heterocycles. The fraction of sp³-hybridized carbons (Fsp3) is 0.211. The van der Waals surface area contributed by atoms with E-state index in [0.717, 1.165) is 17.0 Å². The molecule has 0 aliphatic carbocycles. The summed E-state index contributed by atoms with van der Waals surface area (Å²) >= 11 is 0. The van der Waals surface area contributed by atoms with Gasteiger partial charge in [-0.2, -0.15) is 5.10 Å². The highest BCUT2D eigenvalue weighted by molar-refractivity contribution is 5.38. The monoisotopic (exact) mass is 312 g/mol. The zero-order valence-corrected chi connectivity index (χ0v) is 13.2. The highest BCUT2D eigenvalue weighted by Gasteiger charge is 2.10. The number of aromatic nitrogens is 2. The van der Waals surface area contributed by atoms with Crippen molar-refractivity contribution in [3.63, 3.8) is 0 Å². The topological polar surface area (TPSA) is 17.8 Å². The van der Waals surface area contributed by atoms with E-state index in [2.05, 4.69) is 5.10 Å². The van der Waals surface area contributed by atoms with Crippen molar-refractivity contribution in [1.82, 2.24) is 9.78 Å². The van der Waals surface area contributed by atoms with Crippen LogP contribution in [-0.4, -0.2) is 9.78 Å². The van der Waals surface area contributed by atoms with Gasteiger partial charge in [-0.15, -0.1) is 0 Å². The van der Waals surface area contributed by atoms with E-state index in [1.165, 1.54) is 12.1 Å². The normalized spacial score (nSPS) is 11.0. The number of aryl methyl sites for hydroxylation is 4. The summed E-state index contributed by atoms with van der Waals surface area (Å²) in [5.74, 6) is -0.533. The van der Waals surface area contributed by atoms with Gasteiger partial charge in [0.1, 0.15) is 17.3 Å². The largest absolute Gasteiger partial charge is 0.235 e. The van der Waals surface area contributed by atoms with Crippen LogP contribution in [0.1, 0.15) is 22.5 Å². The number of benzene rings is 2. The molecule has 0 saturated carbocycles. The van der Waals surface area contributed by atoms with Gasteiger partial charge in [0, 0.05) is 5.69 Å². The maximum atomic E-state index is 14.4. The van der Waals surface area contributed by atoms with Gasteiger partial charge in [-0.25, -0.2) is 13.5 Å². The Labute approximate surface area is 134 Å². The van der Waals surface area contributed by atoms with Crippen LogP contribution in [0.25, 0.3) is 5.69 Å². The molecule has 4 heteroatoms. The first kappa shape index (κ1) is 15.4. The van der Waals surface area contributed by atoms with E-state index in [4.69, 9.17) is 0 Å². The van der Waals surface area contributed by atoms with Gasteiger partial charge >= 0.3 is 0 Å². The minimum absolute atomic E-state index is 0.216. The average Bonchev–Trinajstić information content (AvgIpc) is 2.85. The number of rotatable bonds is 4. The van der Waals surface area contributed by atoms with Gasteiger partial charge in [0.25, 0.3) is 0 Å². The van der Waals surface area contributed by atoms with Crippen molar-refractivity contribution in [1.29, 1.82) is 0 Å². The van der Waals surface area contributed by atoms with Crippen molar-refractivity contribution in [2.75, 3.05) is 0 Å². The lowest BCUT2D eigenvalue weighted by Crippen LogP contribution is -2.03.